The van der Waals surface area contributed by atoms with Crippen molar-refractivity contribution in [3.63, 3.8) is 0 Å². The highest BCUT2D eigenvalue weighted by molar-refractivity contribution is 8.26. The molecule has 0 radical (unpaired) electrons. The predicted octanol–water partition coefficient (Wildman–Crippen LogP) is 2.59. The Morgan fingerprint density at radius 1 is 1.45 bits per heavy atom. The molecule has 0 aromatic heterocycles. The van der Waals surface area contributed by atoms with E-state index in [1.807, 2.05) is 25.1 Å². The van der Waals surface area contributed by atoms with Crippen LogP contribution in [0.25, 0.3) is 6.08 Å². The van der Waals surface area contributed by atoms with E-state index in [1.54, 1.807) is 18.2 Å². The maximum atomic E-state index is 11.6. The molecular formula is C15H13NO4S2. The van der Waals surface area contributed by atoms with Gasteiger partial charge < -0.3 is 15.2 Å². The third kappa shape index (κ3) is 4.44. The molecule has 0 saturated carbocycles. The molecule has 0 atom stereocenters. The zero-order valence-electron chi connectivity index (χ0n) is 11.7. The third-order valence-corrected chi connectivity index (χ3v) is 3.82. The molecule has 0 aliphatic carbocycles. The molecule has 1 aliphatic rings. The molecule has 1 aromatic carbocycles. The zero-order chi connectivity index (χ0) is 16.1. The van der Waals surface area contributed by atoms with Gasteiger partial charge in [0.05, 0.1) is 4.91 Å². The summed E-state index contributed by atoms with van der Waals surface area (Å²) >= 11 is 6.14. The van der Waals surface area contributed by atoms with Crippen molar-refractivity contribution in [3.8, 4) is 5.75 Å². The van der Waals surface area contributed by atoms with Crippen molar-refractivity contribution in [1.29, 1.82) is 0 Å². The number of amides is 1. The summed E-state index contributed by atoms with van der Waals surface area (Å²) in [5.74, 6) is -0.773. The van der Waals surface area contributed by atoms with E-state index < -0.39 is 12.6 Å². The smallest absolute Gasteiger partial charge is 0.341 e. The number of allylic oxidation sites excluding steroid dienone is 2. The number of carbonyl (C=O) groups excluding carboxylic acids is 1. The van der Waals surface area contributed by atoms with Gasteiger partial charge in [0.25, 0.3) is 5.91 Å². The van der Waals surface area contributed by atoms with E-state index in [9.17, 15) is 9.59 Å². The lowest BCUT2D eigenvalue weighted by Crippen LogP contribution is -2.17. The Balaban J connectivity index is 2.21. The Bertz CT molecular complexity index is 695. The van der Waals surface area contributed by atoms with Crippen LogP contribution in [0.4, 0.5) is 0 Å². The molecule has 5 nitrogen and oxygen atoms in total. The molecule has 1 saturated heterocycles. The number of benzene rings is 1. The van der Waals surface area contributed by atoms with Crippen LogP contribution in [-0.2, 0) is 9.59 Å². The first kappa shape index (κ1) is 16.3. The number of aliphatic carboxylic acids is 1. The maximum Gasteiger partial charge on any atom is 0.341 e. The monoisotopic (exact) mass is 335 g/mol. The molecule has 1 heterocycles. The number of carbonyl (C=O) groups is 2. The number of carboxylic acid groups (broad SMARTS) is 1. The standard InChI is InChI=1S/C15H13NO4S2/c1-9(7-12-14(19)16-15(21)22-12)6-10-4-2-3-5-11(10)20-8-13(17)18/h2-7H,8H2,1H3,(H,17,18)(H,16,19,21)/b9-6+,12-7-. The minimum absolute atomic E-state index is 0.210. The first-order valence-corrected chi connectivity index (χ1v) is 7.55. The van der Waals surface area contributed by atoms with Crippen molar-refractivity contribution in [2.45, 2.75) is 6.92 Å². The fourth-order valence-corrected chi connectivity index (χ4v) is 2.88. The van der Waals surface area contributed by atoms with Gasteiger partial charge in [0.15, 0.2) is 6.61 Å². The molecule has 7 heteroatoms. The van der Waals surface area contributed by atoms with Gasteiger partial charge in [-0.3, -0.25) is 4.79 Å². The highest BCUT2D eigenvalue weighted by Crippen LogP contribution is 2.26. The van der Waals surface area contributed by atoms with Gasteiger partial charge in [-0.2, -0.15) is 0 Å². The van der Waals surface area contributed by atoms with Crippen LogP contribution in [-0.4, -0.2) is 27.9 Å². The van der Waals surface area contributed by atoms with Crippen LogP contribution in [0, 0.1) is 0 Å². The van der Waals surface area contributed by atoms with Gasteiger partial charge in [-0.1, -0.05) is 42.2 Å². The minimum atomic E-state index is -1.04. The van der Waals surface area contributed by atoms with Crippen LogP contribution in [0.2, 0.25) is 0 Å². The second-order valence-corrected chi connectivity index (χ2v) is 6.18. The highest BCUT2D eigenvalue weighted by atomic mass is 32.2. The Labute approximate surface area is 137 Å². The van der Waals surface area contributed by atoms with Gasteiger partial charge in [0.2, 0.25) is 0 Å². The van der Waals surface area contributed by atoms with E-state index >= 15 is 0 Å². The van der Waals surface area contributed by atoms with Gasteiger partial charge in [0, 0.05) is 5.56 Å². The van der Waals surface area contributed by atoms with Crippen molar-refractivity contribution in [3.05, 3.63) is 46.4 Å². The number of hydrogen-bond donors (Lipinski definition) is 2. The number of para-hydroxylation sites is 1. The largest absolute Gasteiger partial charge is 0.481 e. The molecule has 0 spiro atoms. The molecule has 2 N–H and O–H groups in total. The van der Waals surface area contributed by atoms with E-state index in [0.29, 0.717) is 15.0 Å². The molecule has 1 aliphatic heterocycles. The fraction of sp³-hybridized carbons (Fsp3) is 0.133. The van der Waals surface area contributed by atoms with Gasteiger partial charge >= 0.3 is 5.97 Å². The first-order valence-electron chi connectivity index (χ1n) is 6.32. The van der Waals surface area contributed by atoms with Crippen LogP contribution in [0.5, 0.6) is 5.75 Å². The van der Waals surface area contributed by atoms with Gasteiger partial charge in [-0.15, -0.1) is 0 Å². The number of rotatable bonds is 5. The summed E-state index contributed by atoms with van der Waals surface area (Å²) in [4.78, 5) is 22.7. The molecule has 1 aromatic rings. The van der Waals surface area contributed by atoms with Crippen molar-refractivity contribution in [1.82, 2.24) is 5.32 Å². The zero-order valence-corrected chi connectivity index (χ0v) is 13.3. The number of carboxylic acids is 1. The van der Waals surface area contributed by atoms with Crippen molar-refractivity contribution in [2.75, 3.05) is 6.61 Å². The fourth-order valence-electron chi connectivity index (χ4n) is 1.79. The van der Waals surface area contributed by atoms with Crippen molar-refractivity contribution in [2.24, 2.45) is 0 Å². The molecule has 114 valence electrons. The van der Waals surface area contributed by atoms with Crippen LogP contribution in [0.1, 0.15) is 12.5 Å². The lowest BCUT2D eigenvalue weighted by Gasteiger charge is -2.07. The number of nitrogens with one attached hydrogen (secondary N) is 1. The van der Waals surface area contributed by atoms with Crippen LogP contribution in [0.15, 0.2) is 40.8 Å². The summed E-state index contributed by atoms with van der Waals surface area (Å²) in [7, 11) is 0. The SMILES string of the molecule is CC(/C=C1\SC(=S)NC1=O)=C\c1ccccc1OCC(=O)O. The van der Waals surface area contributed by atoms with E-state index in [0.717, 1.165) is 11.1 Å². The molecule has 0 bridgehead atoms. The van der Waals surface area contributed by atoms with E-state index in [4.69, 9.17) is 22.1 Å². The van der Waals surface area contributed by atoms with Gasteiger partial charge in [-0.25, -0.2) is 4.79 Å². The lowest BCUT2D eigenvalue weighted by atomic mass is 10.1. The van der Waals surface area contributed by atoms with Crippen molar-refractivity contribution < 1.29 is 19.4 Å². The Morgan fingerprint density at radius 3 is 2.82 bits per heavy atom. The van der Waals surface area contributed by atoms with Crippen LogP contribution >= 0.6 is 24.0 Å². The second kappa shape index (κ2) is 7.24. The van der Waals surface area contributed by atoms with Crippen molar-refractivity contribution >= 4 is 46.3 Å². The molecular weight excluding hydrogens is 322 g/mol. The van der Waals surface area contributed by atoms with Crippen LogP contribution < -0.4 is 10.1 Å². The average molecular weight is 335 g/mol. The summed E-state index contributed by atoms with van der Waals surface area (Å²) in [5.41, 5.74) is 1.57. The average Bonchev–Trinajstić information content (AvgIpc) is 2.75. The van der Waals surface area contributed by atoms with Gasteiger partial charge in [0.1, 0.15) is 10.1 Å². The molecule has 1 fully saturated rings. The minimum Gasteiger partial charge on any atom is -0.481 e. The molecule has 0 unspecified atom stereocenters. The highest BCUT2D eigenvalue weighted by Gasteiger charge is 2.21. The molecule has 22 heavy (non-hydrogen) atoms. The van der Waals surface area contributed by atoms with Crippen LogP contribution in [0.3, 0.4) is 0 Å². The number of thioether (sulfide) groups is 1. The van der Waals surface area contributed by atoms with E-state index in [1.165, 1.54) is 11.8 Å². The first-order chi connectivity index (χ1) is 10.5. The topological polar surface area (TPSA) is 75.6 Å². The summed E-state index contributed by atoms with van der Waals surface area (Å²) in [5, 5.41) is 11.2. The normalized spacial score (nSPS) is 16.8. The summed E-state index contributed by atoms with van der Waals surface area (Å²) < 4.78 is 5.68. The number of hydrogen-bond acceptors (Lipinski definition) is 5. The Hall–Kier alpha value is -2.12. The lowest BCUT2D eigenvalue weighted by molar-refractivity contribution is -0.139. The maximum absolute atomic E-state index is 11.6. The quantitative estimate of drug-likeness (QED) is 0.636. The summed E-state index contributed by atoms with van der Waals surface area (Å²) in [6.45, 7) is 1.44. The number of ether oxygens (including phenoxy) is 1. The van der Waals surface area contributed by atoms with E-state index in [-0.39, 0.29) is 5.91 Å². The molecule has 2 rings (SSSR count). The third-order valence-electron chi connectivity index (χ3n) is 2.65. The predicted molar refractivity (Wildman–Crippen MR) is 89.6 cm³/mol. The molecule has 1 amide bonds. The second-order valence-electron chi connectivity index (χ2n) is 4.46. The van der Waals surface area contributed by atoms with E-state index in [2.05, 4.69) is 5.32 Å². The summed E-state index contributed by atoms with van der Waals surface area (Å²) in [6.07, 6.45) is 3.55. The Kier molecular flexibility index (Phi) is 5.35. The number of thiocarbonyl (C=S) groups is 1. The Morgan fingerprint density at radius 2 is 2.18 bits per heavy atom. The summed E-state index contributed by atoms with van der Waals surface area (Å²) in [6, 6.07) is 7.10. The van der Waals surface area contributed by atoms with Gasteiger partial charge in [-0.05, 0) is 30.7 Å².